The largest absolute Gasteiger partial charge is 0.487 e. The van der Waals surface area contributed by atoms with Crippen molar-refractivity contribution in [3.63, 3.8) is 0 Å². The van der Waals surface area contributed by atoms with Crippen molar-refractivity contribution in [3.05, 3.63) is 33.9 Å². The fourth-order valence-electron chi connectivity index (χ4n) is 2.28. The summed E-state index contributed by atoms with van der Waals surface area (Å²) in [5, 5.41) is 23.8. The summed E-state index contributed by atoms with van der Waals surface area (Å²) < 4.78 is 5.28. The van der Waals surface area contributed by atoms with Gasteiger partial charge in [0.15, 0.2) is 5.75 Å². The van der Waals surface area contributed by atoms with Crippen LogP contribution >= 0.6 is 0 Å². The van der Waals surface area contributed by atoms with Crippen molar-refractivity contribution < 1.29 is 14.8 Å². The summed E-state index contributed by atoms with van der Waals surface area (Å²) in [7, 11) is 0. The molecule has 1 aliphatic rings. The van der Waals surface area contributed by atoms with E-state index in [9.17, 15) is 15.2 Å². The van der Waals surface area contributed by atoms with Crippen LogP contribution in [0, 0.1) is 15.5 Å². The molecule has 2 rings (SSSR count). The van der Waals surface area contributed by atoms with Crippen LogP contribution in [-0.4, -0.2) is 29.8 Å². The second-order valence-corrected chi connectivity index (χ2v) is 5.68. The smallest absolute Gasteiger partial charge is 0.311 e. The van der Waals surface area contributed by atoms with Crippen LogP contribution in [0.25, 0.3) is 0 Å². The van der Waals surface area contributed by atoms with Crippen molar-refractivity contribution in [2.75, 3.05) is 19.8 Å². The SMILES string of the molecule is CCOc1ccc(C(C)NCC2(CO)CC2)cc1[N+](=O)[O-]. The fraction of sp³-hybridized carbons (Fsp3) is 0.600. The Kier molecular flexibility index (Phi) is 4.80. The Bertz CT molecular complexity index is 514. The predicted octanol–water partition coefficient (Wildman–Crippen LogP) is 2.42. The molecular weight excluding hydrogens is 272 g/mol. The van der Waals surface area contributed by atoms with Gasteiger partial charge >= 0.3 is 5.69 Å². The molecule has 6 nitrogen and oxygen atoms in total. The van der Waals surface area contributed by atoms with Crippen molar-refractivity contribution in [1.82, 2.24) is 5.32 Å². The number of nitrogens with one attached hydrogen (secondary N) is 1. The summed E-state index contributed by atoms with van der Waals surface area (Å²) >= 11 is 0. The van der Waals surface area contributed by atoms with E-state index in [2.05, 4.69) is 5.32 Å². The van der Waals surface area contributed by atoms with Gasteiger partial charge < -0.3 is 15.2 Å². The summed E-state index contributed by atoms with van der Waals surface area (Å²) in [5.74, 6) is 0.299. The summed E-state index contributed by atoms with van der Waals surface area (Å²) in [6.45, 7) is 5.08. The topological polar surface area (TPSA) is 84.6 Å². The molecule has 1 aromatic rings. The third-order valence-electron chi connectivity index (χ3n) is 4.06. The maximum Gasteiger partial charge on any atom is 0.311 e. The number of nitrogens with zero attached hydrogens (tertiary/aromatic N) is 1. The number of aliphatic hydroxyl groups excluding tert-OH is 1. The summed E-state index contributed by atoms with van der Waals surface area (Å²) in [6.07, 6.45) is 2.07. The summed E-state index contributed by atoms with van der Waals surface area (Å²) in [6, 6.07) is 5.03. The molecule has 1 aromatic carbocycles. The van der Waals surface area contributed by atoms with E-state index in [0.717, 1.165) is 24.9 Å². The molecule has 0 heterocycles. The molecule has 1 atom stereocenters. The van der Waals surface area contributed by atoms with Crippen molar-refractivity contribution >= 4 is 5.69 Å². The molecule has 116 valence electrons. The number of benzene rings is 1. The molecule has 1 fully saturated rings. The van der Waals surface area contributed by atoms with Crippen LogP contribution in [0.15, 0.2) is 18.2 Å². The summed E-state index contributed by atoms with van der Waals surface area (Å²) in [5.41, 5.74) is 0.857. The molecule has 0 aliphatic heterocycles. The van der Waals surface area contributed by atoms with Crippen molar-refractivity contribution in [2.24, 2.45) is 5.41 Å². The maximum absolute atomic E-state index is 11.1. The first kappa shape index (κ1) is 15.7. The number of hydrogen-bond acceptors (Lipinski definition) is 5. The second-order valence-electron chi connectivity index (χ2n) is 5.68. The highest BCUT2D eigenvalue weighted by Crippen LogP contribution is 2.44. The standard InChI is InChI=1S/C15H22N2O4/c1-3-21-14-5-4-12(8-13(14)17(19)20)11(2)16-9-15(10-18)6-7-15/h4-5,8,11,16,18H,3,6-7,9-10H2,1-2H3. The Hall–Kier alpha value is -1.66. The zero-order valence-corrected chi connectivity index (χ0v) is 12.5. The Morgan fingerprint density at radius 1 is 1.52 bits per heavy atom. The Balaban J connectivity index is 2.08. The lowest BCUT2D eigenvalue weighted by molar-refractivity contribution is -0.385. The molecule has 0 amide bonds. The average Bonchev–Trinajstić information content (AvgIpc) is 3.26. The number of aliphatic hydroxyl groups is 1. The molecule has 2 N–H and O–H groups in total. The van der Waals surface area contributed by atoms with Crippen LogP contribution in [0.4, 0.5) is 5.69 Å². The van der Waals surface area contributed by atoms with Gasteiger partial charge in [-0.3, -0.25) is 10.1 Å². The minimum absolute atomic E-state index is 0.00806. The van der Waals surface area contributed by atoms with Gasteiger partial charge in [-0.15, -0.1) is 0 Å². The lowest BCUT2D eigenvalue weighted by Crippen LogP contribution is -2.28. The van der Waals surface area contributed by atoms with E-state index in [0.29, 0.717) is 12.4 Å². The van der Waals surface area contributed by atoms with Crippen molar-refractivity contribution in [2.45, 2.75) is 32.7 Å². The molecule has 21 heavy (non-hydrogen) atoms. The Morgan fingerprint density at radius 2 is 2.24 bits per heavy atom. The lowest BCUT2D eigenvalue weighted by atomic mass is 10.0. The molecule has 0 radical (unpaired) electrons. The molecule has 0 spiro atoms. The van der Waals surface area contributed by atoms with Crippen LogP contribution < -0.4 is 10.1 Å². The average molecular weight is 294 g/mol. The van der Waals surface area contributed by atoms with E-state index in [4.69, 9.17) is 4.74 Å². The first-order valence-corrected chi connectivity index (χ1v) is 7.27. The molecular formula is C15H22N2O4. The minimum atomic E-state index is -0.419. The van der Waals surface area contributed by atoms with Gasteiger partial charge in [0.25, 0.3) is 0 Å². The Morgan fingerprint density at radius 3 is 2.76 bits per heavy atom. The third-order valence-corrected chi connectivity index (χ3v) is 4.06. The molecule has 1 aliphatic carbocycles. The van der Waals surface area contributed by atoms with Gasteiger partial charge in [-0.25, -0.2) is 0 Å². The molecule has 0 saturated heterocycles. The van der Waals surface area contributed by atoms with Gasteiger partial charge in [0.05, 0.1) is 11.5 Å². The first-order chi connectivity index (χ1) is 10.0. The van der Waals surface area contributed by atoms with E-state index in [-0.39, 0.29) is 23.8 Å². The van der Waals surface area contributed by atoms with Gasteiger partial charge in [0, 0.05) is 30.7 Å². The number of hydrogen-bond donors (Lipinski definition) is 2. The van der Waals surface area contributed by atoms with E-state index in [1.165, 1.54) is 0 Å². The monoisotopic (exact) mass is 294 g/mol. The fourth-order valence-corrected chi connectivity index (χ4v) is 2.28. The van der Waals surface area contributed by atoms with Gasteiger partial charge in [-0.1, -0.05) is 6.07 Å². The third kappa shape index (κ3) is 3.71. The summed E-state index contributed by atoms with van der Waals surface area (Å²) in [4.78, 5) is 10.7. The molecule has 1 unspecified atom stereocenters. The molecule has 1 saturated carbocycles. The predicted molar refractivity (Wildman–Crippen MR) is 79.4 cm³/mol. The number of nitro groups is 1. The number of nitro benzene ring substituents is 1. The van der Waals surface area contributed by atoms with Crippen LogP contribution in [0.3, 0.4) is 0 Å². The van der Waals surface area contributed by atoms with E-state index >= 15 is 0 Å². The van der Waals surface area contributed by atoms with Crippen LogP contribution in [-0.2, 0) is 0 Å². The normalized spacial score (nSPS) is 17.3. The molecule has 6 heteroatoms. The van der Waals surface area contributed by atoms with Crippen LogP contribution in [0.1, 0.15) is 38.3 Å². The molecule has 0 aromatic heterocycles. The van der Waals surface area contributed by atoms with Gasteiger partial charge in [0.2, 0.25) is 0 Å². The number of ether oxygens (including phenoxy) is 1. The quantitative estimate of drug-likeness (QED) is 0.568. The second kappa shape index (κ2) is 6.41. The highest BCUT2D eigenvalue weighted by Gasteiger charge is 2.41. The minimum Gasteiger partial charge on any atom is -0.487 e. The maximum atomic E-state index is 11.1. The number of rotatable bonds is 8. The van der Waals surface area contributed by atoms with E-state index in [1.807, 2.05) is 13.0 Å². The Labute approximate surface area is 124 Å². The lowest BCUT2D eigenvalue weighted by Gasteiger charge is -2.19. The van der Waals surface area contributed by atoms with Crippen LogP contribution in [0.5, 0.6) is 5.75 Å². The van der Waals surface area contributed by atoms with E-state index in [1.54, 1.807) is 19.1 Å². The van der Waals surface area contributed by atoms with Gasteiger partial charge in [-0.05, 0) is 38.3 Å². The zero-order chi connectivity index (χ0) is 15.5. The van der Waals surface area contributed by atoms with Gasteiger partial charge in [0.1, 0.15) is 0 Å². The molecule has 0 bridgehead atoms. The van der Waals surface area contributed by atoms with E-state index < -0.39 is 4.92 Å². The first-order valence-electron chi connectivity index (χ1n) is 7.27. The van der Waals surface area contributed by atoms with Crippen LogP contribution in [0.2, 0.25) is 0 Å². The highest BCUT2D eigenvalue weighted by molar-refractivity contribution is 5.49. The zero-order valence-electron chi connectivity index (χ0n) is 12.5. The highest BCUT2D eigenvalue weighted by atomic mass is 16.6. The van der Waals surface area contributed by atoms with Crippen molar-refractivity contribution in [1.29, 1.82) is 0 Å². The van der Waals surface area contributed by atoms with Crippen molar-refractivity contribution in [3.8, 4) is 5.75 Å². The van der Waals surface area contributed by atoms with Gasteiger partial charge in [-0.2, -0.15) is 0 Å².